The predicted octanol–water partition coefficient (Wildman–Crippen LogP) is 5.00. The minimum Gasteiger partial charge on any atom is -0.325 e. The van der Waals surface area contributed by atoms with Gasteiger partial charge in [-0.3, -0.25) is 24.3 Å². The SMILES string of the molecule is CCCCCCn1c(SC(C)C(=O)Nc2cccc([N+](=O)[O-])c2)nc2ccccc2c1=O. The van der Waals surface area contributed by atoms with Crippen LogP contribution in [0.2, 0.25) is 0 Å². The van der Waals surface area contributed by atoms with E-state index in [0.717, 1.165) is 25.7 Å². The molecule has 0 fully saturated rings. The molecule has 0 saturated carbocycles. The van der Waals surface area contributed by atoms with Gasteiger partial charge in [0.05, 0.1) is 21.1 Å². The number of para-hydroxylation sites is 1. The molecule has 1 heterocycles. The van der Waals surface area contributed by atoms with E-state index in [4.69, 9.17) is 0 Å². The van der Waals surface area contributed by atoms with E-state index in [2.05, 4.69) is 17.2 Å². The lowest BCUT2D eigenvalue weighted by Crippen LogP contribution is -2.27. The van der Waals surface area contributed by atoms with Crippen molar-refractivity contribution in [1.29, 1.82) is 0 Å². The molecule has 0 spiro atoms. The Morgan fingerprint density at radius 2 is 1.97 bits per heavy atom. The summed E-state index contributed by atoms with van der Waals surface area (Å²) in [6, 6.07) is 13.0. The summed E-state index contributed by atoms with van der Waals surface area (Å²) in [5.41, 5.74) is 0.734. The average molecular weight is 455 g/mol. The number of fused-ring (bicyclic) bond motifs is 1. The van der Waals surface area contributed by atoms with E-state index in [1.54, 1.807) is 29.7 Å². The second-order valence-corrected chi connectivity index (χ2v) is 8.79. The van der Waals surface area contributed by atoms with Crippen molar-refractivity contribution in [2.24, 2.45) is 0 Å². The minimum absolute atomic E-state index is 0.0970. The van der Waals surface area contributed by atoms with Crippen molar-refractivity contribution in [2.45, 2.75) is 56.5 Å². The molecule has 9 heteroatoms. The number of hydrogen-bond donors (Lipinski definition) is 1. The summed E-state index contributed by atoms with van der Waals surface area (Å²) in [4.78, 5) is 41.0. The van der Waals surface area contributed by atoms with Gasteiger partial charge in [0.2, 0.25) is 5.91 Å². The third-order valence-electron chi connectivity index (χ3n) is 5.04. The van der Waals surface area contributed by atoms with Crippen molar-refractivity contribution in [2.75, 3.05) is 5.32 Å². The third kappa shape index (κ3) is 5.73. The highest BCUT2D eigenvalue weighted by atomic mass is 32.2. The van der Waals surface area contributed by atoms with E-state index in [0.29, 0.717) is 28.3 Å². The standard InChI is InChI=1S/C23H26N4O4S/c1-3-4-5-8-14-26-22(29)19-12-6-7-13-20(19)25-23(26)32-16(2)21(28)24-17-10-9-11-18(15-17)27(30)31/h6-7,9-13,15-16H,3-5,8,14H2,1-2H3,(H,24,28). The second-order valence-electron chi connectivity index (χ2n) is 7.49. The first-order chi connectivity index (χ1) is 15.4. The molecule has 0 bridgehead atoms. The van der Waals surface area contributed by atoms with E-state index in [1.807, 2.05) is 12.1 Å². The van der Waals surface area contributed by atoms with E-state index < -0.39 is 10.2 Å². The van der Waals surface area contributed by atoms with Crippen molar-refractivity contribution in [3.63, 3.8) is 0 Å². The first-order valence-electron chi connectivity index (χ1n) is 10.6. The van der Waals surface area contributed by atoms with Gasteiger partial charge < -0.3 is 5.32 Å². The zero-order chi connectivity index (χ0) is 23.1. The van der Waals surface area contributed by atoms with Crippen LogP contribution < -0.4 is 10.9 Å². The highest BCUT2D eigenvalue weighted by molar-refractivity contribution is 8.00. The number of hydrogen-bond acceptors (Lipinski definition) is 6. The van der Waals surface area contributed by atoms with Crippen LogP contribution in [-0.2, 0) is 11.3 Å². The van der Waals surface area contributed by atoms with Crippen LogP contribution in [0, 0.1) is 10.1 Å². The largest absolute Gasteiger partial charge is 0.325 e. The Hall–Kier alpha value is -3.20. The van der Waals surface area contributed by atoms with Gasteiger partial charge in [-0.1, -0.05) is 56.1 Å². The average Bonchev–Trinajstić information content (AvgIpc) is 2.78. The van der Waals surface area contributed by atoms with Gasteiger partial charge in [0.15, 0.2) is 5.16 Å². The summed E-state index contributed by atoms with van der Waals surface area (Å²) in [5.74, 6) is -0.324. The van der Waals surface area contributed by atoms with Gasteiger partial charge in [-0.2, -0.15) is 0 Å². The third-order valence-corrected chi connectivity index (χ3v) is 6.13. The maximum Gasteiger partial charge on any atom is 0.271 e. The molecule has 0 aliphatic rings. The molecule has 0 aliphatic heterocycles. The zero-order valence-corrected chi connectivity index (χ0v) is 18.9. The van der Waals surface area contributed by atoms with Crippen LogP contribution >= 0.6 is 11.8 Å². The minimum atomic E-state index is -0.566. The number of aromatic nitrogens is 2. The van der Waals surface area contributed by atoms with Gasteiger partial charge in [-0.05, 0) is 31.5 Å². The van der Waals surface area contributed by atoms with E-state index in [9.17, 15) is 19.7 Å². The Morgan fingerprint density at radius 1 is 1.19 bits per heavy atom. The van der Waals surface area contributed by atoms with Gasteiger partial charge in [0.1, 0.15) is 0 Å². The molecule has 1 amide bonds. The summed E-state index contributed by atoms with van der Waals surface area (Å²) in [6.45, 7) is 4.39. The molecule has 1 aromatic heterocycles. The molecule has 3 rings (SSSR count). The van der Waals surface area contributed by atoms with Crippen LogP contribution in [0.5, 0.6) is 0 Å². The number of nitrogens with zero attached hydrogens (tertiary/aromatic N) is 3. The van der Waals surface area contributed by atoms with Gasteiger partial charge in [0.25, 0.3) is 11.2 Å². The first-order valence-corrected chi connectivity index (χ1v) is 11.5. The second kappa shape index (κ2) is 10.9. The van der Waals surface area contributed by atoms with Crippen molar-refractivity contribution in [1.82, 2.24) is 9.55 Å². The lowest BCUT2D eigenvalue weighted by atomic mass is 10.2. The topological polar surface area (TPSA) is 107 Å². The molecule has 2 aromatic carbocycles. The molecule has 1 N–H and O–H groups in total. The van der Waals surface area contributed by atoms with Crippen LogP contribution in [0.3, 0.4) is 0 Å². The summed E-state index contributed by atoms with van der Waals surface area (Å²) in [6.07, 6.45) is 4.07. The predicted molar refractivity (Wildman–Crippen MR) is 127 cm³/mol. The smallest absolute Gasteiger partial charge is 0.271 e. The summed E-state index contributed by atoms with van der Waals surface area (Å²) >= 11 is 1.21. The molecule has 32 heavy (non-hydrogen) atoms. The number of carbonyl (C=O) groups excluding carboxylic acids is 1. The number of nitrogens with one attached hydrogen (secondary N) is 1. The zero-order valence-electron chi connectivity index (χ0n) is 18.1. The van der Waals surface area contributed by atoms with Gasteiger partial charge in [-0.15, -0.1) is 0 Å². The van der Waals surface area contributed by atoms with Crippen LogP contribution in [0.1, 0.15) is 39.5 Å². The van der Waals surface area contributed by atoms with Crippen molar-refractivity contribution >= 4 is 39.9 Å². The maximum atomic E-state index is 13.1. The van der Waals surface area contributed by atoms with Gasteiger partial charge in [-0.25, -0.2) is 4.98 Å². The summed E-state index contributed by atoms with van der Waals surface area (Å²) in [7, 11) is 0. The summed E-state index contributed by atoms with van der Waals surface area (Å²) < 4.78 is 1.65. The van der Waals surface area contributed by atoms with Crippen LogP contribution in [0.25, 0.3) is 10.9 Å². The fraction of sp³-hybridized carbons (Fsp3) is 0.348. The number of unbranched alkanes of at least 4 members (excludes halogenated alkanes) is 3. The van der Waals surface area contributed by atoms with Gasteiger partial charge in [0, 0.05) is 24.4 Å². The lowest BCUT2D eigenvalue weighted by molar-refractivity contribution is -0.384. The molecule has 0 aliphatic carbocycles. The Labute approximate surface area is 190 Å². The number of non-ortho nitro benzene ring substituents is 1. The van der Waals surface area contributed by atoms with E-state index >= 15 is 0 Å². The molecular weight excluding hydrogens is 428 g/mol. The van der Waals surface area contributed by atoms with E-state index in [-0.39, 0.29) is 17.2 Å². The Morgan fingerprint density at radius 3 is 2.72 bits per heavy atom. The molecule has 0 saturated heterocycles. The van der Waals surface area contributed by atoms with Crippen molar-refractivity contribution in [3.05, 3.63) is 69.0 Å². The number of benzene rings is 2. The van der Waals surface area contributed by atoms with Crippen LogP contribution in [-0.4, -0.2) is 25.6 Å². The molecule has 0 radical (unpaired) electrons. The molecular formula is C23H26N4O4S. The lowest BCUT2D eigenvalue weighted by Gasteiger charge is -2.16. The van der Waals surface area contributed by atoms with E-state index in [1.165, 1.54) is 30.0 Å². The highest BCUT2D eigenvalue weighted by Gasteiger charge is 2.20. The molecule has 1 atom stereocenters. The van der Waals surface area contributed by atoms with Gasteiger partial charge >= 0.3 is 0 Å². The van der Waals surface area contributed by atoms with Crippen molar-refractivity contribution in [3.8, 4) is 0 Å². The number of anilines is 1. The van der Waals surface area contributed by atoms with Crippen LogP contribution in [0.15, 0.2) is 58.5 Å². The monoisotopic (exact) mass is 454 g/mol. The first kappa shape index (κ1) is 23.5. The fourth-order valence-electron chi connectivity index (χ4n) is 3.28. The number of carbonyl (C=O) groups is 1. The number of amides is 1. The number of nitro groups is 1. The highest BCUT2D eigenvalue weighted by Crippen LogP contribution is 2.25. The Kier molecular flexibility index (Phi) is 7.99. The number of rotatable bonds is 10. The quantitative estimate of drug-likeness (QED) is 0.152. The molecule has 3 aromatic rings. The van der Waals surface area contributed by atoms with Crippen molar-refractivity contribution < 1.29 is 9.72 Å². The number of thioether (sulfide) groups is 1. The molecule has 1 unspecified atom stereocenters. The molecule has 168 valence electrons. The maximum absolute atomic E-state index is 13.1. The molecule has 8 nitrogen and oxygen atoms in total. The number of nitro benzene ring substituents is 1. The normalized spacial score (nSPS) is 11.9. The Bertz CT molecular complexity index is 1180. The fourth-order valence-corrected chi connectivity index (χ4v) is 4.22. The Balaban J connectivity index is 1.82. The van der Waals surface area contributed by atoms with Crippen LogP contribution in [0.4, 0.5) is 11.4 Å². The summed E-state index contributed by atoms with van der Waals surface area (Å²) in [5, 5.41) is 14.2.